The molecule has 78 valence electrons. The second kappa shape index (κ2) is 4.13. The van der Waals surface area contributed by atoms with Gasteiger partial charge >= 0.3 is 0 Å². The molecule has 0 amide bonds. The fraction of sp³-hybridized carbons (Fsp3) is 0.727. The van der Waals surface area contributed by atoms with Gasteiger partial charge < -0.3 is 9.88 Å². The van der Waals surface area contributed by atoms with E-state index in [-0.39, 0.29) is 0 Å². The highest BCUT2D eigenvalue weighted by Gasteiger charge is 2.20. The Balaban J connectivity index is 1.76. The third kappa shape index (κ3) is 2.35. The van der Waals surface area contributed by atoms with Gasteiger partial charge in [0.25, 0.3) is 0 Å². The molecule has 1 atom stereocenters. The zero-order valence-electron chi connectivity index (χ0n) is 9.03. The first-order valence-electron chi connectivity index (χ1n) is 5.48. The van der Waals surface area contributed by atoms with Gasteiger partial charge in [-0.25, -0.2) is 4.98 Å². The Morgan fingerprint density at radius 1 is 1.64 bits per heavy atom. The van der Waals surface area contributed by atoms with Crippen molar-refractivity contribution < 1.29 is 0 Å². The van der Waals surface area contributed by atoms with Crippen LogP contribution in [0.2, 0.25) is 0 Å². The molecule has 1 N–H and O–H groups in total. The van der Waals surface area contributed by atoms with Gasteiger partial charge in [-0.15, -0.1) is 0 Å². The van der Waals surface area contributed by atoms with Gasteiger partial charge in [-0.2, -0.15) is 0 Å². The average molecular weight is 193 g/mol. The summed E-state index contributed by atoms with van der Waals surface area (Å²) in [5.74, 6) is 1.75. The molecule has 1 heterocycles. The van der Waals surface area contributed by atoms with Crippen molar-refractivity contribution in [3.63, 3.8) is 0 Å². The summed E-state index contributed by atoms with van der Waals surface area (Å²) < 4.78 is 2.11. The van der Waals surface area contributed by atoms with E-state index in [1.54, 1.807) is 0 Å². The van der Waals surface area contributed by atoms with Crippen LogP contribution in [0.5, 0.6) is 0 Å². The van der Waals surface area contributed by atoms with E-state index < -0.39 is 0 Å². The Hall–Kier alpha value is -0.830. The molecule has 1 saturated carbocycles. The quantitative estimate of drug-likeness (QED) is 0.771. The first-order chi connectivity index (χ1) is 6.77. The van der Waals surface area contributed by atoms with Gasteiger partial charge in [0.05, 0.1) is 0 Å². The number of nitrogens with one attached hydrogen (secondary N) is 1. The SMILES string of the molecule is CC(CCNC1CC1)c1nccn1C. The van der Waals surface area contributed by atoms with Crippen LogP contribution in [0.3, 0.4) is 0 Å². The number of rotatable bonds is 5. The summed E-state index contributed by atoms with van der Waals surface area (Å²) in [7, 11) is 2.06. The number of imidazole rings is 1. The smallest absolute Gasteiger partial charge is 0.111 e. The fourth-order valence-electron chi connectivity index (χ4n) is 1.77. The van der Waals surface area contributed by atoms with Crippen LogP contribution < -0.4 is 5.32 Å². The lowest BCUT2D eigenvalue weighted by Gasteiger charge is -2.11. The minimum absolute atomic E-state index is 0.557. The van der Waals surface area contributed by atoms with Crippen LogP contribution in [-0.4, -0.2) is 22.1 Å². The average Bonchev–Trinajstić information content (AvgIpc) is 2.87. The molecule has 2 rings (SSSR count). The Kier molecular flexibility index (Phi) is 2.87. The Morgan fingerprint density at radius 2 is 2.43 bits per heavy atom. The van der Waals surface area contributed by atoms with Crippen LogP contribution in [0.25, 0.3) is 0 Å². The van der Waals surface area contributed by atoms with E-state index in [1.165, 1.54) is 25.1 Å². The van der Waals surface area contributed by atoms with E-state index in [2.05, 4.69) is 28.8 Å². The Bertz CT molecular complexity index is 288. The van der Waals surface area contributed by atoms with Crippen LogP contribution in [0, 0.1) is 0 Å². The third-order valence-electron chi connectivity index (χ3n) is 2.89. The van der Waals surface area contributed by atoms with E-state index >= 15 is 0 Å². The normalized spacial score (nSPS) is 18.4. The van der Waals surface area contributed by atoms with Crippen molar-refractivity contribution in [1.29, 1.82) is 0 Å². The van der Waals surface area contributed by atoms with Crippen LogP contribution in [-0.2, 0) is 7.05 Å². The highest BCUT2D eigenvalue weighted by molar-refractivity contribution is 4.98. The van der Waals surface area contributed by atoms with Gasteiger partial charge in [-0.05, 0) is 25.8 Å². The summed E-state index contributed by atoms with van der Waals surface area (Å²) in [6.07, 6.45) is 7.81. The Labute approximate surface area is 85.5 Å². The van der Waals surface area contributed by atoms with Gasteiger partial charge in [-0.1, -0.05) is 6.92 Å². The summed E-state index contributed by atoms with van der Waals surface area (Å²) in [5.41, 5.74) is 0. The summed E-state index contributed by atoms with van der Waals surface area (Å²) in [4.78, 5) is 4.36. The standard InChI is InChI=1S/C11H19N3/c1-9(5-6-12-10-3-4-10)11-13-7-8-14(11)2/h7-10,12H,3-6H2,1-2H3. The summed E-state index contributed by atoms with van der Waals surface area (Å²) in [6, 6.07) is 0.823. The van der Waals surface area contributed by atoms with E-state index in [0.717, 1.165) is 12.6 Å². The maximum absolute atomic E-state index is 4.36. The number of aromatic nitrogens is 2. The molecule has 1 aromatic heterocycles. The molecule has 0 aromatic carbocycles. The lowest BCUT2D eigenvalue weighted by Crippen LogP contribution is -2.19. The zero-order chi connectivity index (χ0) is 9.97. The molecule has 3 nitrogen and oxygen atoms in total. The van der Waals surface area contributed by atoms with E-state index in [0.29, 0.717) is 5.92 Å². The first-order valence-corrected chi connectivity index (χ1v) is 5.48. The van der Waals surface area contributed by atoms with Crippen LogP contribution >= 0.6 is 0 Å². The molecule has 0 radical (unpaired) electrons. The number of hydrogen-bond acceptors (Lipinski definition) is 2. The Morgan fingerprint density at radius 3 is 3.00 bits per heavy atom. The maximum atomic E-state index is 4.36. The second-order valence-electron chi connectivity index (χ2n) is 4.31. The van der Waals surface area contributed by atoms with E-state index in [9.17, 15) is 0 Å². The highest BCUT2D eigenvalue weighted by atomic mass is 15.0. The molecular formula is C11H19N3. The van der Waals surface area contributed by atoms with Crippen molar-refractivity contribution in [1.82, 2.24) is 14.9 Å². The van der Waals surface area contributed by atoms with Crippen molar-refractivity contribution in [3.8, 4) is 0 Å². The third-order valence-corrected chi connectivity index (χ3v) is 2.89. The first kappa shape index (κ1) is 9.71. The number of nitrogens with zero attached hydrogens (tertiary/aromatic N) is 2. The van der Waals surface area contributed by atoms with Crippen LogP contribution in [0.15, 0.2) is 12.4 Å². The number of aryl methyl sites for hydroxylation is 1. The molecule has 1 aromatic rings. The van der Waals surface area contributed by atoms with E-state index in [1.807, 2.05) is 12.4 Å². The van der Waals surface area contributed by atoms with Crippen LogP contribution in [0.1, 0.15) is 37.9 Å². The monoisotopic (exact) mass is 193 g/mol. The molecule has 0 bridgehead atoms. The van der Waals surface area contributed by atoms with E-state index in [4.69, 9.17) is 0 Å². The molecular weight excluding hydrogens is 174 g/mol. The minimum atomic E-state index is 0.557. The molecule has 0 spiro atoms. The second-order valence-corrected chi connectivity index (χ2v) is 4.31. The molecule has 1 aliphatic rings. The van der Waals surface area contributed by atoms with Crippen molar-refractivity contribution >= 4 is 0 Å². The largest absolute Gasteiger partial charge is 0.338 e. The summed E-state index contributed by atoms with van der Waals surface area (Å²) in [6.45, 7) is 3.37. The van der Waals surface area contributed by atoms with Gasteiger partial charge in [-0.3, -0.25) is 0 Å². The predicted molar refractivity (Wildman–Crippen MR) is 57.3 cm³/mol. The van der Waals surface area contributed by atoms with Crippen molar-refractivity contribution in [2.45, 2.75) is 38.1 Å². The molecule has 14 heavy (non-hydrogen) atoms. The fourth-order valence-corrected chi connectivity index (χ4v) is 1.77. The van der Waals surface area contributed by atoms with Gasteiger partial charge in [0.15, 0.2) is 0 Å². The molecule has 1 fully saturated rings. The molecule has 1 aliphatic carbocycles. The molecule has 3 heteroatoms. The lowest BCUT2D eigenvalue weighted by molar-refractivity contribution is 0.560. The lowest BCUT2D eigenvalue weighted by atomic mass is 10.1. The van der Waals surface area contributed by atoms with Crippen molar-refractivity contribution in [3.05, 3.63) is 18.2 Å². The predicted octanol–water partition coefficient (Wildman–Crippen LogP) is 1.67. The van der Waals surface area contributed by atoms with Crippen molar-refractivity contribution in [2.75, 3.05) is 6.54 Å². The highest BCUT2D eigenvalue weighted by Crippen LogP contribution is 2.20. The molecule has 0 aliphatic heterocycles. The minimum Gasteiger partial charge on any atom is -0.338 e. The maximum Gasteiger partial charge on any atom is 0.111 e. The zero-order valence-corrected chi connectivity index (χ0v) is 9.03. The van der Waals surface area contributed by atoms with Gasteiger partial charge in [0, 0.05) is 31.4 Å². The van der Waals surface area contributed by atoms with Gasteiger partial charge in [0.1, 0.15) is 5.82 Å². The summed E-state index contributed by atoms with van der Waals surface area (Å²) in [5, 5.41) is 3.53. The molecule has 1 unspecified atom stereocenters. The van der Waals surface area contributed by atoms with Crippen molar-refractivity contribution in [2.24, 2.45) is 7.05 Å². The summed E-state index contributed by atoms with van der Waals surface area (Å²) >= 11 is 0. The topological polar surface area (TPSA) is 29.9 Å². The molecule has 0 saturated heterocycles. The number of hydrogen-bond donors (Lipinski definition) is 1. The van der Waals surface area contributed by atoms with Crippen LogP contribution in [0.4, 0.5) is 0 Å². The van der Waals surface area contributed by atoms with Gasteiger partial charge in [0.2, 0.25) is 0 Å².